The van der Waals surface area contributed by atoms with Crippen molar-refractivity contribution in [1.82, 2.24) is 4.57 Å². The lowest BCUT2D eigenvalue weighted by atomic mass is 10.2. The Morgan fingerprint density at radius 2 is 2.11 bits per heavy atom. The van der Waals surface area contributed by atoms with E-state index in [0.29, 0.717) is 6.61 Å². The van der Waals surface area contributed by atoms with Crippen LogP contribution in [0.4, 0.5) is 0 Å². The number of nitrogens with zero attached hydrogens (tertiary/aromatic N) is 1. The van der Waals surface area contributed by atoms with Gasteiger partial charge in [-0.3, -0.25) is 0 Å². The number of aromatic nitrogens is 1. The predicted molar refractivity (Wildman–Crippen MR) is 76.5 cm³/mol. The van der Waals surface area contributed by atoms with Crippen molar-refractivity contribution in [3.8, 4) is 5.75 Å². The third kappa shape index (κ3) is 2.02. The highest BCUT2D eigenvalue weighted by molar-refractivity contribution is 7.09. The average molecular weight is 257 g/mol. The van der Waals surface area contributed by atoms with Gasteiger partial charge in [-0.15, -0.1) is 11.3 Å². The van der Waals surface area contributed by atoms with Gasteiger partial charge in [-0.1, -0.05) is 12.1 Å². The van der Waals surface area contributed by atoms with Crippen molar-refractivity contribution in [2.75, 3.05) is 6.61 Å². The highest BCUT2D eigenvalue weighted by Gasteiger charge is 2.06. The molecule has 3 rings (SSSR count). The molecule has 92 valence electrons. The topological polar surface area (TPSA) is 14.2 Å². The van der Waals surface area contributed by atoms with Crippen LogP contribution in [-0.4, -0.2) is 11.2 Å². The lowest BCUT2D eigenvalue weighted by molar-refractivity contribution is 0.344. The van der Waals surface area contributed by atoms with E-state index in [4.69, 9.17) is 4.74 Å². The summed E-state index contributed by atoms with van der Waals surface area (Å²) in [5.74, 6) is 0.972. The molecule has 18 heavy (non-hydrogen) atoms. The molecule has 2 nitrogen and oxygen atoms in total. The van der Waals surface area contributed by atoms with Crippen molar-refractivity contribution in [2.45, 2.75) is 13.5 Å². The van der Waals surface area contributed by atoms with E-state index >= 15 is 0 Å². The van der Waals surface area contributed by atoms with Gasteiger partial charge in [-0.25, -0.2) is 0 Å². The Bertz CT molecular complexity index is 640. The van der Waals surface area contributed by atoms with Crippen LogP contribution in [0.1, 0.15) is 11.8 Å². The molecular formula is C15H15NOS. The van der Waals surface area contributed by atoms with Gasteiger partial charge in [0.1, 0.15) is 5.75 Å². The maximum atomic E-state index is 5.66. The number of rotatable bonds is 4. The number of hydrogen-bond acceptors (Lipinski definition) is 2. The lowest BCUT2D eigenvalue weighted by Gasteiger charge is -2.06. The second kappa shape index (κ2) is 4.86. The fraction of sp³-hybridized carbons (Fsp3) is 0.200. The zero-order chi connectivity index (χ0) is 12.4. The molecule has 0 atom stereocenters. The molecule has 2 aromatic heterocycles. The minimum Gasteiger partial charge on any atom is -0.493 e. The van der Waals surface area contributed by atoms with Crippen LogP contribution >= 0.6 is 11.3 Å². The van der Waals surface area contributed by atoms with Crippen LogP contribution in [0.2, 0.25) is 0 Å². The van der Waals surface area contributed by atoms with Crippen molar-refractivity contribution in [3.05, 3.63) is 52.9 Å². The van der Waals surface area contributed by atoms with E-state index in [1.165, 1.54) is 15.8 Å². The summed E-state index contributed by atoms with van der Waals surface area (Å²) in [6.07, 6.45) is 2.13. The van der Waals surface area contributed by atoms with Gasteiger partial charge in [-0.2, -0.15) is 0 Å². The van der Waals surface area contributed by atoms with Crippen LogP contribution in [0.25, 0.3) is 10.9 Å². The van der Waals surface area contributed by atoms with E-state index < -0.39 is 0 Å². The number of benzene rings is 1. The van der Waals surface area contributed by atoms with Crippen LogP contribution in [-0.2, 0) is 6.54 Å². The largest absolute Gasteiger partial charge is 0.493 e. The maximum Gasteiger partial charge on any atom is 0.128 e. The van der Waals surface area contributed by atoms with Gasteiger partial charge in [0.05, 0.1) is 18.7 Å². The monoisotopic (exact) mass is 257 g/mol. The fourth-order valence-corrected chi connectivity index (χ4v) is 2.89. The Kier molecular flexibility index (Phi) is 3.07. The van der Waals surface area contributed by atoms with Crippen molar-refractivity contribution in [2.24, 2.45) is 0 Å². The first kappa shape index (κ1) is 11.4. The summed E-state index contributed by atoms with van der Waals surface area (Å²) in [7, 11) is 0. The van der Waals surface area contributed by atoms with Gasteiger partial charge in [-0.05, 0) is 36.6 Å². The minimum atomic E-state index is 0.704. The van der Waals surface area contributed by atoms with E-state index in [-0.39, 0.29) is 0 Å². The van der Waals surface area contributed by atoms with Crippen LogP contribution in [0.5, 0.6) is 5.75 Å². The molecule has 3 aromatic rings. The normalized spacial score (nSPS) is 10.9. The second-order valence-electron chi connectivity index (χ2n) is 4.14. The first-order valence-corrected chi connectivity index (χ1v) is 6.99. The minimum absolute atomic E-state index is 0.704. The Morgan fingerprint density at radius 3 is 2.89 bits per heavy atom. The summed E-state index contributed by atoms with van der Waals surface area (Å²) in [4.78, 5) is 1.37. The smallest absolute Gasteiger partial charge is 0.128 e. The molecule has 0 fully saturated rings. The van der Waals surface area contributed by atoms with Crippen molar-refractivity contribution < 1.29 is 4.74 Å². The Morgan fingerprint density at radius 1 is 1.17 bits per heavy atom. The SMILES string of the molecule is CCOc1cccc2c1ccn2Cc1cccs1. The van der Waals surface area contributed by atoms with Crippen LogP contribution in [0.15, 0.2) is 48.0 Å². The molecule has 0 radical (unpaired) electrons. The highest BCUT2D eigenvalue weighted by Crippen LogP contribution is 2.27. The van der Waals surface area contributed by atoms with Gasteiger partial charge in [0, 0.05) is 16.5 Å². The van der Waals surface area contributed by atoms with Gasteiger partial charge in [0.15, 0.2) is 0 Å². The number of thiophene rings is 1. The fourth-order valence-electron chi connectivity index (χ4n) is 2.18. The lowest BCUT2D eigenvalue weighted by Crippen LogP contribution is -1.96. The summed E-state index contributed by atoms with van der Waals surface area (Å²) < 4.78 is 7.92. The first-order valence-electron chi connectivity index (χ1n) is 6.11. The molecule has 0 aliphatic heterocycles. The second-order valence-corrected chi connectivity index (χ2v) is 5.18. The quantitative estimate of drug-likeness (QED) is 0.685. The molecule has 0 saturated carbocycles. The zero-order valence-corrected chi connectivity index (χ0v) is 11.1. The molecule has 0 amide bonds. The summed E-state index contributed by atoms with van der Waals surface area (Å²) in [5.41, 5.74) is 1.23. The predicted octanol–water partition coefficient (Wildman–Crippen LogP) is 4.15. The zero-order valence-electron chi connectivity index (χ0n) is 10.3. The summed E-state index contributed by atoms with van der Waals surface area (Å²) >= 11 is 1.79. The molecule has 3 heteroatoms. The number of ether oxygens (including phenoxy) is 1. The maximum absolute atomic E-state index is 5.66. The molecule has 0 unspecified atom stereocenters. The van der Waals surface area contributed by atoms with Gasteiger partial charge >= 0.3 is 0 Å². The number of hydrogen-bond donors (Lipinski definition) is 0. The first-order chi connectivity index (χ1) is 8.88. The number of fused-ring (bicyclic) bond motifs is 1. The van der Waals surface area contributed by atoms with E-state index in [2.05, 4.69) is 46.5 Å². The van der Waals surface area contributed by atoms with Gasteiger partial charge in [0.25, 0.3) is 0 Å². The molecule has 0 saturated heterocycles. The third-order valence-electron chi connectivity index (χ3n) is 2.98. The van der Waals surface area contributed by atoms with Crippen LogP contribution in [0.3, 0.4) is 0 Å². The Labute approximate surface area is 110 Å². The van der Waals surface area contributed by atoms with E-state index in [0.717, 1.165) is 12.3 Å². The Hall–Kier alpha value is -1.74. The van der Waals surface area contributed by atoms with Crippen LogP contribution < -0.4 is 4.74 Å². The molecule has 0 bridgehead atoms. The van der Waals surface area contributed by atoms with E-state index in [1.807, 2.05) is 13.0 Å². The highest BCUT2D eigenvalue weighted by atomic mass is 32.1. The summed E-state index contributed by atoms with van der Waals surface area (Å²) in [6, 6.07) is 12.6. The molecule has 0 aliphatic rings. The van der Waals surface area contributed by atoms with E-state index in [1.54, 1.807) is 11.3 Å². The standard InChI is InChI=1S/C15H15NOS/c1-2-17-15-7-3-6-14-13(15)8-9-16(14)11-12-5-4-10-18-12/h3-10H,2,11H2,1H3. The molecule has 0 spiro atoms. The van der Waals surface area contributed by atoms with Gasteiger partial charge < -0.3 is 9.30 Å². The third-order valence-corrected chi connectivity index (χ3v) is 3.84. The van der Waals surface area contributed by atoms with E-state index in [9.17, 15) is 0 Å². The van der Waals surface area contributed by atoms with Gasteiger partial charge in [0.2, 0.25) is 0 Å². The molecular weight excluding hydrogens is 242 g/mol. The van der Waals surface area contributed by atoms with Crippen molar-refractivity contribution in [3.63, 3.8) is 0 Å². The molecule has 2 heterocycles. The van der Waals surface area contributed by atoms with Crippen molar-refractivity contribution in [1.29, 1.82) is 0 Å². The summed E-state index contributed by atoms with van der Waals surface area (Å²) in [6.45, 7) is 3.65. The van der Waals surface area contributed by atoms with Crippen LogP contribution in [0, 0.1) is 0 Å². The molecule has 0 N–H and O–H groups in total. The molecule has 0 aliphatic carbocycles. The summed E-state index contributed by atoms with van der Waals surface area (Å²) in [5, 5.41) is 3.31. The average Bonchev–Trinajstić information content (AvgIpc) is 3.01. The van der Waals surface area contributed by atoms with Crippen molar-refractivity contribution >= 4 is 22.2 Å². The molecule has 1 aromatic carbocycles. The Balaban J connectivity index is 2.01.